The van der Waals surface area contributed by atoms with Crippen LogP contribution in [0.15, 0.2) is 24.3 Å². The molecular formula is C8H11NO3P+. The number of rotatable bonds is 4. The third kappa shape index (κ3) is 3.61. The van der Waals surface area contributed by atoms with Crippen LogP contribution < -0.4 is 5.73 Å². The maximum Gasteiger partial charge on any atom is 0.695 e. The van der Waals surface area contributed by atoms with Crippen molar-refractivity contribution in [2.45, 2.75) is 13.2 Å². The minimum atomic E-state index is -2.51. The van der Waals surface area contributed by atoms with Crippen molar-refractivity contribution < 1.29 is 14.0 Å². The van der Waals surface area contributed by atoms with Crippen molar-refractivity contribution >= 4 is 8.25 Å². The summed E-state index contributed by atoms with van der Waals surface area (Å²) in [6.45, 7) is 0.645. The van der Waals surface area contributed by atoms with Gasteiger partial charge in [0.05, 0.1) is 0 Å². The average molecular weight is 200 g/mol. The Morgan fingerprint density at radius 2 is 1.85 bits per heavy atom. The van der Waals surface area contributed by atoms with E-state index in [1.807, 2.05) is 24.3 Å². The van der Waals surface area contributed by atoms with E-state index in [1.54, 1.807) is 0 Å². The van der Waals surface area contributed by atoms with Crippen molar-refractivity contribution in [1.29, 1.82) is 0 Å². The SMILES string of the molecule is NCc1ccc(CO[P+](=O)O)cc1. The Bertz CT molecular complexity index is 286. The number of hydrogen-bond donors (Lipinski definition) is 2. The molecule has 0 saturated heterocycles. The minimum absolute atomic E-state index is 0.149. The first-order valence-electron chi connectivity index (χ1n) is 3.79. The van der Waals surface area contributed by atoms with Gasteiger partial charge in [-0.05, 0) is 11.1 Å². The largest absolute Gasteiger partial charge is 0.695 e. The molecule has 5 heteroatoms. The standard InChI is InChI=1S/C8H10NO3P/c9-5-7-1-3-8(4-2-7)6-12-13(10)11/h1-4H,5-6,9H2/p+1. The molecule has 1 aromatic carbocycles. The number of hydrogen-bond acceptors (Lipinski definition) is 3. The van der Waals surface area contributed by atoms with Gasteiger partial charge in [0.15, 0.2) is 0 Å². The molecule has 0 radical (unpaired) electrons. The topological polar surface area (TPSA) is 72.5 Å². The van der Waals surface area contributed by atoms with Crippen molar-refractivity contribution in [3.05, 3.63) is 35.4 Å². The van der Waals surface area contributed by atoms with Crippen molar-refractivity contribution in [3.8, 4) is 0 Å². The Morgan fingerprint density at radius 1 is 1.31 bits per heavy atom. The molecule has 0 aromatic heterocycles. The lowest BCUT2D eigenvalue weighted by Crippen LogP contribution is -1.96. The first kappa shape index (κ1) is 10.3. The van der Waals surface area contributed by atoms with Gasteiger partial charge in [-0.15, -0.1) is 9.42 Å². The highest BCUT2D eigenvalue weighted by Crippen LogP contribution is 2.17. The lowest BCUT2D eigenvalue weighted by molar-refractivity contribution is 0.272. The van der Waals surface area contributed by atoms with Crippen LogP contribution in [0, 0.1) is 0 Å². The van der Waals surface area contributed by atoms with Crippen molar-refractivity contribution in [2.75, 3.05) is 0 Å². The highest BCUT2D eigenvalue weighted by atomic mass is 31.1. The van der Waals surface area contributed by atoms with E-state index >= 15 is 0 Å². The quantitative estimate of drug-likeness (QED) is 0.718. The highest BCUT2D eigenvalue weighted by molar-refractivity contribution is 7.32. The van der Waals surface area contributed by atoms with Gasteiger partial charge in [-0.3, -0.25) is 0 Å². The summed E-state index contributed by atoms with van der Waals surface area (Å²) in [5.74, 6) is 0. The van der Waals surface area contributed by atoms with Crippen LogP contribution in [0.4, 0.5) is 0 Å². The minimum Gasteiger partial charge on any atom is -0.326 e. The van der Waals surface area contributed by atoms with Crippen molar-refractivity contribution in [2.24, 2.45) is 5.73 Å². The Morgan fingerprint density at radius 3 is 2.31 bits per heavy atom. The molecule has 1 unspecified atom stereocenters. The zero-order valence-electron chi connectivity index (χ0n) is 7.01. The fraction of sp³-hybridized carbons (Fsp3) is 0.250. The molecule has 0 amide bonds. The lowest BCUT2D eigenvalue weighted by atomic mass is 10.1. The summed E-state index contributed by atoms with van der Waals surface area (Å²) in [6.07, 6.45) is 0. The van der Waals surface area contributed by atoms with E-state index in [1.165, 1.54) is 0 Å². The van der Waals surface area contributed by atoms with E-state index in [2.05, 4.69) is 4.52 Å². The monoisotopic (exact) mass is 200 g/mol. The van der Waals surface area contributed by atoms with Gasteiger partial charge in [0, 0.05) is 11.1 Å². The maximum atomic E-state index is 10.2. The Kier molecular flexibility index (Phi) is 3.99. The fourth-order valence-corrected chi connectivity index (χ4v) is 1.16. The normalized spacial score (nSPS) is 11.4. The first-order valence-corrected chi connectivity index (χ1v) is 4.92. The second kappa shape index (κ2) is 5.04. The summed E-state index contributed by atoms with van der Waals surface area (Å²) in [5, 5.41) is 0. The predicted molar refractivity (Wildman–Crippen MR) is 48.9 cm³/mol. The van der Waals surface area contributed by atoms with Crippen LogP contribution in [0.25, 0.3) is 0 Å². The molecule has 1 atom stereocenters. The molecule has 0 aliphatic carbocycles. The van der Waals surface area contributed by atoms with Gasteiger partial charge in [0.1, 0.15) is 6.61 Å². The lowest BCUT2D eigenvalue weighted by Gasteiger charge is -1.97. The highest BCUT2D eigenvalue weighted by Gasteiger charge is 2.11. The van der Waals surface area contributed by atoms with E-state index in [0.29, 0.717) is 6.54 Å². The van der Waals surface area contributed by atoms with Gasteiger partial charge in [-0.1, -0.05) is 24.3 Å². The molecule has 0 bridgehead atoms. The van der Waals surface area contributed by atoms with E-state index < -0.39 is 8.25 Å². The molecule has 3 N–H and O–H groups in total. The summed E-state index contributed by atoms with van der Waals surface area (Å²) in [6, 6.07) is 7.37. The summed E-state index contributed by atoms with van der Waals surface area (Å²) >= 11 is 0. The molecular weight excluding hydrogens is 189 g/mol. The average Bonchev–Trinajstić information content (AvgIpc) is 2.15. The second-order valence-corrected chi connectivity index (χ2v) is 3.27. The van der Waals surface area contributed by atoms with Gasteiger partial charge in [0.25, 0.3) is 0 Å². The summed E-state index contributed by atoms with van der Waals surface area (Å²) in [7, 11) is -2.51. The third-order valence-electron chi connectivity index (χ3n) is 1.60. The van der Waals surface area contributed by atoms with Gasteiger partial charge in [0.2, 0.25) is 0 Å². The number of nitrogens with two attached hydrogens (primary N) is 1. The van der Waals surface area contributed by atoms with Crippen LogP contribution in [-0.2, 0) is 22.2 Å². The van der Waals surface area contributed by atoms with Crippen LogP contribution >= 0.6 is 8.25 Å². The third-order valence-corrected chi connectivity index (χ3v) is 1.95. The van der Waals surface area contributed by atoms with Crippen molar-refractivity contribution in [3.63, 3.8) is 0 Å². The maximum absolute atomic E-state index is 10.2. The number of benzene rings is 1. The smallest absolute Gasteiger partial charge is 0.326 e. The molecule has 0 fully saturated rings. The summed E-state index contributed by atoms with van der Waals surface area (Å²) < 4.78 is 14.7. The van der Waals surface area contributed by atoms with E-state index in [9.17, 15) is 4.57 Å². The van der Waals surface area contributed by atoms with Crippen LogP contribution in [0.5, 0.6) is 0 Å². The zero-order chi connectivity index (χ0) is 9.68. The van der Waals surface area contributed by atoms with E-state index in [-0.39, 0.29) is 6.61 Å². The van der Waals surface area contributed by atoms with Crippen LogP contribution in [0.1, 0.15) is 11.1 Å². The summed E-state index contributed by atoms with van der Waals surface area (Å²) in [5.41, 5.74) is 7.29. The van der Waals surface area contributed by atoms with Crippen LogP contribution in [0.2, 0.25) is 0 Å². The zero-order valence-corrected chi connectivity index (χ0v) is 7.91. The first-order chi connectivity index (χ1) is 6.22. The molecule has 13 heavy (non-hydrogen) atoms. The Hall–Kier alpha value is -0.800. The van der Waals surface area contributed by atoms with E-state index in [4.69, 9.17) is 10.6 Å². The molecule has 70 valence electrons. The Labute approximate surface area is 77.3 Å². The molecule has 0 heterocycles. The van der Waals surface area contributed by atoms with Gasteiger partial charge in [-0.25, -0.2) is 0 Å². The van der Waals surface area contributed by atoms with E-state index in [0.717, 1.165) is 11.1 Å². The van der Waals surface area contributed by atoms with Gasteiger partial charge < -0.3 is 5.73 Å². The second-order valence-electron chi connectivity index (χ2n) is 2.53. The molecule has 1 aromatic rings. The molecule has 0 spiro atoms. The molecule has 0 aliphatic heterocycles. The van der Waals surface area contributed by atoms with Crippen molar-refractivity contribution in [1.82, 2.24) is 0 Å². The molecule has 0 aliphatic rings. The molecule has 1 rings (SSSR count). The van der Waals surface area contributed by atoms with Gasteiger partial charge >= 0.3 is 8.25 Å². The molecule has 4 nitrogen and oxygen atoms in total. The summed E-state index contributed by atoms with van der Waals surface area (Å²) in [4.78, 5) is 8.38. The molecule has 0 saturated carbocycles. The predicted octanol–water partition coefficient (Wildman–Crippen LogP) is 1.31. The Balaban J connectivity index is 2.54. The van der Waals surface area contributed by atoms with Gasteiger partial charge in [-0.2, -0.15) is 0 Å². The fourth-order valence-electron chi connectivity index (χ4n) is 0.901. The van der Waals surface area contributed by atoms with Crippen LogP contribution in [-0.4, -0.2) is 4.89 Å². The van der Waals surface area contributed by atoms with Crippen LogP contribution in [0.3, 0.4) is 0 Å².